The van der Waals surface area contributed by atoms with Crippen molar-refractivity contribution in [2.24, 2.45) is 5.11 Å². The molecule has 0 aliphatic rings. The summed E-state index contributed by atoms with van der Waals surface area (Å²) in [5.74, 6) is -1.87. The molecule has 0 fully saturated rings. The summed E-state index contributed by atoms with van der Waals surface area (Å²) < 4.78 is 74.2. The van der Waals surface area contributed by atoms with E-state index in [0.29, 0.717) is 0 Å². The highest BCUT2D eigenvalue weighted by Gasteiger charge is 2.38. The minimum atomic E-state index is -5.23. The Hall–Kier alpha value is -2.27. The van der Waals surface area contributed by atoms with Crippen LogP contribution in [-0.4, -0.2) is 18.9 Å². The van der Waals surface area contributed by atoms with Crippen LogP contribution >= 0.6 is 0 Å². The predicted molar refractivity (Wildman–Crippen MR) is 66.5 cm³/mol. The molecule has 0 amide bonds. The Morgan fingerprint density at radius 2 is 1.95 bits per heavy atom. The summed E-state index contributed by atoms with van der Waals surface area (Å²) in [5.41, 5.74) is 4.24. The van der Waals surface area contributed by atoms with Gasteiger partial charge in [0.15, 0.2) is 5.75 Å². The van der Waals surface area contributed by atoms with Gasteiger partial charge < -0.3 is 4.74 Å². The first-order chi connectivity index (χ1) is 9.87. The molecule has 11 heteroatoms. The van der Waals surface area contributed by atoms with Crippen molar-refractivity contribution in [3.8, 4) is 5.75 Å². The second-order valence-corrected chi connectivity index (χ2v) is 5.46. The minimum absolute atomic E-state index is 0.136. The van der Waals surface area contributed by atoms with Crippen LogP contribution in [0.25, 0.3) is 0 Å². The monoisotopic (exact) mass is 338 g/mol. The molecule has 1 aromatic carbocycles. The van der Waals surface area contributed by atoms with Gasteiger partial charge in [0.25, 0.3) is 10.1 Å². The zero-order valence-electron chi connectivity index (χ0n) is 10.9. The van der Waals surface area contributed by atoms with Crippen molar-refractivity contribution in [2.45, 2.75) is 18.0 Å². The number of ether oxygens (including phenoxy) is 1. The zero-order chi connectivity index (χ0) is 17.3. The molecular weight excluding hydrogens is 329 g/mol. The van der Waals surface area contributed by atoms with Crippen LogP contribution in [0.1, 0.15) is 12.5 Å². The molecule has 0 aliphatic heterocycles. The summed E-state index contributed by atoms with van der Waals surface area (Å²) in [7, 11) is -5.23. The van der Waals surface area contributed by atoms with Gasteiger partial charge in [0, 0.05) is 5.57 Å². The van der Waals surface area contributed by atoms with Crippen LogP contribution in [0.2, 0.25) is 0 Å². The highest BCUT2D eigenvalue weighted by molar-refractivity contribution is 7.85. The molecule has 120 valence electrons. The lowest BCUT2D eigenvalue weighted by molar-refractivity contribution is -0.140. The maximum absolute atomic E-state index is 12.9. The van der Waals surface area contributed by atoms with Crippen LogP contribution in [0.5, 0.6) is 5.75 Å². The number of carbonyl (C=O) groups excluding carboxylic acids is 1. The highest BCUT2D eigenvalue weighted by Crippen LogP contribution is 2.41. The molecule has 1 aromatic rings. The van der Waals surface area contributed by atoms with E-state index in [2.05, 4.69) is 16.4 Å². The van der Waals surface area contributed by atoms with Crippen LogP contribution < -0.4 is 4.74 Å². The molecule has 0 saturated heterocycles. The standard InChI is InChI=1S/C11H9F3N2O5S/c1-5(2)10(17)21-8-3-6(11(12,13)14)9(22(18,19)20)4-7(8)16-15/h3-4,15H,1H2,2H3,(H,18,19,20). The highest BCUT2D eigenvalue weighted by atomic mass is 32.2. The van der Waals surface area contributed by atoms with Crippen molar-refractivity contribution >= 4 is 21.8 Å². The van der Waals surface area contributed by atoms with Crippen molar-refractivity contribution in [1.29, 1.82) is 5.53 Å². The first kappa shape index (κ1) is 17.8. The van der Waals surface area contributed by atoms with Gasteiger partial charge in [-0.1, -0.05) is 6.58 Å². The molecule has 1 rings (SSSR count). The Morgan fingerprint density at radius 1 is 1.41 bits per heavy atom. The van der Waals surface area contributed by atoms with Gasteiger partial charge in [0.2, 0.25) is 0 Å². The topological polar surface area (TPSA) is 117 Å². The number of halogens is 3. The van der Waals surface area contributed by atoms with Crippen LogP contribution in [0, 0.1) is 5.53 Å². The molecule has 0 unspecified atom stereocenters. The van der Waals surface area contributed by atoms with Gasteiger partial charge in [-0.25, -0.2) is 10.3 Å². The van der Waals surface area contributed by atoms with Gasteiger partial charge in [0.1, 0.15) is 10.6 Å². The fourth-order valence-corrected chi connectivity index (χ4v) is 2.05. The Morgan fingerprint density at radius 3 is 2.32 bits per heavy atom. The smallest absolute Gasteiger partial charge is 0.417 e. The van der Waals surface area contributed by atoms with E-state index >= 15 is 0 Å². The number of hydrogen-bond donors (Lipinski definition) is 2. The van der Waals surface area contributed by atoms with Crippen LogP contribution in [0.4, 0.5) is 18.9 Å². The van der Waals surface area contributed by atoms with Crippen molar-refractivity contribution < 1.29 is 35.7 Å². The molecule has 22 heavy (non-hydrogen) atoms. The van der Waals surface area contributed by atoms with E-state index in [1.165, 1.54) is 6.92 Å². The van der Waals surface area contributed by atoms with Crippen LogP contribution in [0.15, 0.2) is 34.3 Å². The average Bonchev–Trinajstić information content (AvgIpc) is 2.35. The second-order valence-electron chi connectivity index (χ2n) is 4.07. The molecule has 0 atom stereocenters. The van der Waals surface area contributed by atoms with Gasteiger partial charge in [-0.15, -0.1) is 0 Å². The molecule has 0 aromatic heterocycles. The van der Waals surface area contributed by atoms with Gasteiger partial charge in [-0.3, -0.25) is 4.55 Å². The van der Waals surface area contributed by atoms with Crippen LogP contribution in [-0.2, 0) is 21.1 Å². The fraction of sp³-hybridized carbons (Fsp3) is 0.182. The van der Waals surface area contributed by atoms with Crippen molar-refractivity contribution in [2.75, 3.05) is 0 Å². The molecule has 0 spiro atoms. The van der Waals surface area contributed by atoms with Crippen molar-refractivity contribution in [3.63, 3.8) is 0 Å². The van der Waals surface area contributed by atoms with Crippen molar-refractivity contribution in [3.05, 3.63) is 29.8 Å². The Balaban J connectivity index is 3.65. The molecule has 0 heterocycles. The molecular formula is C11H9F3N2O5S. The molecule has 0 bridgehead atoms. The molecule has 7 nitrogen and oxygen atoms in total. The lowest BCUT2D eigenvalue weighted by atomic mass is 10.2. The number of nitrogens with zero attached hydrogens (tertiary/aromatic N) is 1. The second kappa shape index (κ2) is 5.85. The SMILES string of the molecule is C=C(C)C(=O)Oc1cc(C(F)(F)F)c(S(=O)(=O)O)cc1N=N. The van der Waals surface area contributed by atoms with E-state index in [1.54, 1.807) is 0 Å². The molecule has 0 radical (unpaired) electrons. The largest absolute Gasteiger partial charge is 0.421 e. The number of alkyl halides is 3. The quantitative estimate of drug-likeness (QED) is 0.288. The summed E-state index contributed by atoms with van der Waals surface area (Å²) in [6.45, 7) is 4.46. The number of esters is 1. The van der Waals surface area contributed by atoms with Gasteiger partial charge >= 0.3 is 12.1 Å². The zero-order valence-corrected chi connectivity index (χ0v) is 11.7. The average molecular weight is 338 g/mol. The minimum Gasteiger partial charge on any atom is -0.421 e. The number of carbonyl (C=O) groups is 1. The van der Waals surface area contributed by atoms with E-state index < -0.39 is 44.2 Å². The molecule has 0 saturated carbocycles. The summed E-state index contributed by atoms with van der Waals surface area (Å²) in [6.07, 6.45) is -5.16. The Bertz CT molecular complexity index is 756. The van der Waals surface area contributed by atoms with E-state index in [-0.39, 0.29) is 17.7 Å². The summed E-state index contributed by atoms with van der Waals surface area (Å²) >= 11 is 0. The number of benzene rings is 1. The third kappa shape index (κ3) is 3.89. The lowest BCUT2D eigenvalue weighted by Gasteiger charge is -2.14. The maximum Gasteiger partial charge on any atom is 0.417 e. The van der Waals surface area contributed by atoms with Gasteiger partial charge in [-0.05, 0) is 19.1 Å². The number of rotatable bonds is 4. The van der Waals surface area contributed by atoms with Gasteiger partial charge in [0.05, 0.1) is 5.56 Å². The lowest BCUT2D eigenvalue weighted by Crippen LogP contribution is -2.15. The summed E-state index contributed by atoms with van der Waals surface area (Å²) in [5, 5.41) is 2.78. The molecule has 0 aliphatic carbocycles. The number of nitrogens with one attached hydrogen (secondary N) is 1. The third-order valence-electron chi connectivity index (χ3n) is 2.32. The third-order valence-corrected chi connectivity index (χ3v) is 3.21. The first-order valence-electron chi connectivity index (χ1n) is 5.35. The van der Waals surface area contributed by atoms with E-state index in [9.17, 15) is 26.4 Å². The first-order valence-corrected chi connectivity index (χ1v) is 6.79. The summed E-state index contributed by atoms with van der Waals surface area (Å²) in [6, 6.07) is 0.448. The number of hydrogen-bond acceptors (Lipinski definition) is 6. The molecule has 2 N–H and O–H groups in total. The maximum atomic E-state index is 12.9. The Kier molecular flexibility index (Phi) is 4.73. The van der Waals surface area contributed by atoms with E-state index in [4.69, 9.17) is 10.1 Å². The Labute approximate surface area is 122 Å². The normalized spacial score (nSPS) is 11.9. The van der Waals surface area contributed by atoms with E-state index in [0.717, 1.165) is 0 Å². The van der Waals surface area contributed by atoms with Gasteiger partial charge in [-0.2, -0.15) is 26.7 Å². The predicted octanol–water partition coefficient (Wildman–Crippen LogP) is 3.10. The van der Waals surface area contributed by atoms with Crippen LogP contribution in [0.3, 0.4) is 0 Å². The van der Waals surface area contributed by atoms with E-state index in [1.807, 2.05) is 0 Å². The van der Waals surface area contributed by atoms with Crippen molar-refractivity contribution in [1.82, 2.24) is 0 Å². The fourth-order valence-electron chi connectivity index (χ4n) is 1.34. The summed E-state index contributed by atoms with van der Waals surface area (Å²) in [4.78, 5) is 9.85.